The van der Waals surface area contributed by atoms with Gasteiger partial charge < -0.3 is 54.2 Å². The number of amides is 1. The summed E-state index contributed by atoms with van der Waals surface area (Å²) < 4.78 is 26.9. The summed E-state index contributed by atoms with van der Waals surface area (Å²) in [6.45, 7) is 9.53. The standard InChI is InChI=1S/C60H66ClFN12O6/c1-34(2)52(58(77)73-33-42(75)26-49(73)56-66-60(3,80-69-56)38-14-12-36(13-15-38)44-8-4-6-10-47(44)62)54-53(61)57(70-79-54)78-43-20-18-39(19-21-43)71-24-22-35(23-25-71)37-28-64-59(65-29-37)74-40-16-17-41(74)32-72(31-40)50-30-63-55-46(50)27-48(67-68-55)45-9-5-7-11-51(45)76/h4-15,27-30,34-35,39-43,49,52,75-76H,16-26,31-33H2,1-3H3,(H,63,68)(H,66,69)/t39-,40?,41?,42-,43-,49+,52-,60-/m1/s1. The van der Waals surface area contributed by atoms with Crippen LogP contribution in [0.2, 0.25) is 5.02 Å². The minimum Gasteiger partial charge on any atom is -0.507 e. The molecule has 4 aromatic heterocycles. The Kier molecular flexibility index (Phi) is 13.8. The summed E-state index contributed by atoms with van der Waals surface area (Å²) >= 11 is 7.02. The van der Waals surface area contributed by atoms with Gasteiger partial charge in [0.05, 0.1) is 23.5 Å². The number of piperazine rings is 1. The number of benzene rings is 3. The van der Waals surface area contributed by atoms with E-state index < -0.39 is 23.8 Å². The zero-order valence-electron chi connectivity index (χ0n) is 45.1. The minimum atomic E-state index is -1.06. The Labute approximate surface area is 468 Å². The molecule has 7 aromatic rings. The molecule has 1 saturated carbocycles. The number of hydrogen-bond donors (Lipinski definition) is 4. The topological polar surface area (TPSA) is 207 Å². The van der Waals surface area contributed by atoms with Gasteiger partial charge in [-0.2, -0.15) is 0 Å². The number of likely N-dealkylation sites (tertiary alicyclic amines) is 2. The molecule has 4 saturated heterocycles. The van der Waals surface area contributed by atoms with E-state index in [9.17, 15) is 19.4 Å². The van der Waals surface area contributed by atoms with Gasteiger partial charge in [-0.25, -0.2) is 14.4 Å². The number of aromatic hydroxyl groups is 1. The molecule has 9 heterocycles. The summed E-state index contributed by atoms with van der Waals surface area (Å²) in [6, 6.07) is 23.7. The number of aromatic amines is 1. The molecular formula is C60H66ClFN12O6. The molecule has 6 atom stereocenters. The van der Waals surface area contributed by atoms with Crippen LogP contribution in [-0.2, 0) is 15.4 Å². The summed E-state index contributed by atoms with van der Waals surface area (Å²) in [7, 11) is 0. The molecule has 5 fully saturated rings. The number of aromatic nitrogens is 6. The van der Waals surface area contributed by atoms with Gasteiger partial charge in [0.1, 0.15) is 28.6 Å². The Hall–Kier alpha value is -7.35. The van der Waals surface area contributed by atoms with Crippen molar-refractivity contribution in [3.63, 3.8) is 0 Å². The molecule has 6 aliphatic rings. The summed E-state index contributed by atoms with van der Waals surface area (Å²) in [5.74, 6) is 0.649. The van der Waals surface area contributed by atoms with Gasteiger partial charge in [0.15, 0.2) is 17.2 Å². The van der Waals surface area contributed by atoms with Crippen LogP contribution < -0.4 is 19.9 Å². The van der Waals surface area contributed by atoms with E-state index in [1.165, 1.54) is 11.6 Å². The van der Waals surface area contributed by atoms with Crippen LogP contribution in [0.15, 0.2) is 107 Å². The first kappa shape index (κ1) is 52.0. The van der Waals surface area contributed by atoms with Gasteiger partial charge in [-0.3, -0.25) is 4.79 Å². The van der Waals surface area contributed by atoms with E-state index in [-0.39, 0.29) is 59.1 Å². The number of phenols is 1. The van der Waals surface area contributed by atoms with Gasteiger partial charge in [0, 0.05) is 91.8 Å². The van der Waals surface area contributed by atoms with Crippen molar-refractivity contribution in [3.8, 4) is 34.0 Å². The fraction of sp³-hybridized carbons (Fsp3) is 0.450. The third-order valence-electron chi connectivity index (χ3n) is 17.8. The molecule has 2 bridgehead atoms. The zero-order chi connectivity index (χ0) is 54.8. The lowest BCUT2D eigenvalue weighted by Gasteiger charge is -2.42. The fourth-order valence-corrected chi connectivity index (χ4v) is 13.7. The number of fused-ring (bicyclic) bond motifs is 3. The second-order valence-corrected chi connectivity index (χ2v) is 23.5. The molecule has 13 rings (SSSR count). The number of phenolic OH excluding ortho intramolecular Hbond substituents is 1. The van der Waals surface area contributed by atoms with Crippen LogP contribution in [0, 0.1) is 11.7 Å². The molecule has 4 N–H and O–H groups in total. The molecule has 1 aliphatic carbocycles. The Bertz CT molecular complexity index is 3400. The zero-order valence-corrected chi connectivity index (χ0v) is 45.8. The van der Waals surface area contributed by atoms with Crippen molar-refractivity contribution >= 4 is 46.0 Å². The van der Waals surface area contributed by atoms with E-state index >= 15 is 0 Å². The van der Waals surface area contributed by atoms with E-state index in [4.69, 9.17) is 35.7 Å². The maximum atomic E-state index is 14.6. The second kappa shape index (κ2) is 21.3. The number of amidine groups is 1. The fourth-order valence-electron chi connectivity index (χ4n) is 13.5. The number of β-amino-alcohol motifs (C(OH)–C–C–N with tert-alkyl or cyclic N) is 1. The molecule has 5 aliphatic heterocycles. The number of oxime groups is 1. The van der Waals surface area contributed by atoms with Gasteiger partial charge in [0.25, 0.3) is 5.88 Å². The van der Waals surface area contributed by atoms with E-state index in [0.717, 1.165) is 111 Å². The van der Waals surface area contributed by atoms with Crippen molar-refractivity contribution in [2.45, 2.75) is 132 Å². The number of carbonyl (C=O) groups is 1. The van der Waals surface area contributed by atoms with Gasteiger partial charge in [-0.05, 0) is 117 Å². The predicted octanol–water partition coefficient (Wildman–Crippen LogP) is 9.50. The van der Waals surface area contributed by atoms with Gasteiger partial charge >= 0.3 is 0 Å². The highest BCUT2D eigenvalue weighted by atomic mass is 35.5. The van der Waals surface area contributed by atoms with Gasteiger partial charge in [0.2, 0.25) is 17.6 Å². The van der Waals surface area contributed by atoms with E-state index in [1.54, 1.807) is 35.2 Å². The van der Waals surface area contributed by atoms with Gasteiger partial charge in [-0.1, -0.05) is 85.2 Å². The number of para-hydroxylation sites is 1. The van der Waals surface area contributed by atoms with E-state index in [1.807, 2.05) is 69.4 Å². The number of nitrogens with zero attached hydrogens (tertiary/aromatic N) is 10. The predicted molar refractivity (Wildman–Crippen MR) is 301 cm³/mol. The Morgan fingerprint density at radius 1 is 0.875 bits per heavy atom. The smallest absolute Gasteiger partial charge is 0.273 e. The highest BCUT2D eigenvalue weighted by Gasteiger charge is 2.48. The molecule has 1 amide bonds. The third-order valence-corrected chi connectivity index (χ3v) is 18.1. The number of aliphatic hydroxyl groups is 1. The first-order chi connectivity index (χ1) is 38.9. The lowest BCUT2D eigenvalue weighted by Crippen LogP contribution is -2.54. The number of nitrogens with one attached hydrogen (secondary N) is 2. The highest BCUT2D eigenvalue weighted by molar-refractivity contribution is 6.32. The molecular weight excluding hydrogens is 1040 g/mol. The van der Waals surface area contributed by atoms with Crippen molar-refractivity contribution < 1.29 is 33.5 Å². The summed E-state index contributed by atoms with van der Waals surface area (Å²) in [5, 5.41) is 43.6. The lowest BCUT2D eigenvalue weighted by molar-refractivity contribution is -0.134. The van der Waals surface area contributed by atoms with Crippen LogP contribution in [0.1, 0.15) is 107 Å². The number of rotatable bonds is 13. The number of aliphatic hydroxyl groups excluding tert-OH is 1. The van der Waals surface area contributed by atoms with Crippen LogP contribution in [0.3, 0.4) is 0 Å². The maximum Gasteiger partial charge on any atom is 0.273 e. The number of anilines is 2. The molecule has 2 unspecified atom stereocenters. The molecule has 0 spiro atoms. The monoisotopic (exact) mass is 1100 g/mol. The number of ether oxygens (including phenoxy) is 1. The largest absolute Gasteiger partial charge is 0.507 e. The number of halogens is 2. The van der Waals surface area contributed by atoms with Crippen molar-refractivity contribution in [1.29, 1.82) is 0 Å². The van der Waals surface area contributed by atoms with Crippen molar-refractivity contribution in [1.82, 2.24) is 45.4 Å². The number of carbonyl (C=O) groups excluding carboxylic acids is 1. The summed E-state index contributed by atoms with van der Waals surface area (Å²) in [4.78, 5) is 43.1. The lowest BCUT2D eigenvalue weighted by atomic mass is 9.87. The number of H-pyrrole nitrogens is 1. The second-order valence-electron chi connectivity index (χ2n) is 23.1. The van der Waals surface area contributed by atoms with Crippen LogP contribution in [0.5, 0.6) is 11.6 Å². The van der Waals surface area contributed by atoms with Crippen molar-refractivity contribution in [2.24, 2.45) is 11.1 Å². The van der Waals surface area contributed by atoms with Crippen LogP contribution in [-0.4, -0.2) is 131 Å². The van der Waals surface area contributed by atoms with Crippen molar-refractivity contribution in [3.05, 3.63) is 125 Å². The van der Waals surface area contributed by atoms with Crippen LogP contribution in [0.4, 0.5) is 16.0 Å². The third kappa shape index (κ3) is 9.73. The Balaban J connectivity index is 0.587. The number of hydrogen-bond acceptors (Lipinski definition) is 16. The molecule has 80 heavy (non-hydrogen) atoms. The van der Waals surface area contributed by atoms with Crippen LogP contribution in [0.25, 0.3) is 33.4 Å². The molecule has 18 nitrogen and oxygen atoms in total. The molecule has 3 aromatic carbocycles. The SMILES string of the molecule is CC(C)[C@@H](C(=O)N1C[C@H](O)C[C@H]1C1=NO[C@](C)(c2ccc(-c3ccccc3F)cc2)N1)c1onc(O[C@H]2CC[C@H](N3CCC(c4cnc(N5C6CCC5CN(c5c[nH]c7nnc(-c8ccccc8O)cc57)C6)nc4)CC3)CC2)c1Cl. The Morgan fingerprint density at radius 3 is 2.29 bits per heavy atom. The molecule has 0 radical (unpaired) electrons. The normalized spacial score (nSPS) is 25.7. The summed E-state index contributed by atoms with van der Waals surface area (Å²) in [5.41, 5.74) is 5.26. The average molecular weight is 1110 g/mol. The van der Waals surface area contributed by atoms with E-state index in [0.29, 0.717) is 46.7 Å². The quantitative estimate of drug-likeness (QED) is 0.0848. The molecule has 20 heteroatoms. The van der Waals surface area contributed by atoms with Gasteiger partial charge in [-0.15, -0.1) is 10.2 Å². The minimum absolute atomic E-state index is 0.0939. The highest BCUT2D eigenvalue weighted by Crippen LogP contribution is 2.43. The first-order valence-electron chi connectivity index (χ1n) is 28.3. The maximum absolute atomic E-state index is 14.6. The number of piperidine rings is 1. The first-order valence-corrected chi connectivity index (χ1v) is 28.7. The average Bonchev–Trinajstić information content (AvgIpc) is 4.33. The Morgan fingerprint density at radius 2 is 1.57 bits per heavy atom. The summed E-state index contributed by atoms with van der Waals surface area (Å²) in [6.07, 6.45) is 13.5. The van der Waals surface area contributed by atoms with Crippen LogP contribution >= 0.6 is 11.6 Å². The molecule has 416 valence electrons. The van der Waals surface area contributed by atoms with E-state index in [2.05, 4.69) is 57.9 Å². The van der Waals surface area contributed by atoms with Crippen molar-refractivity contribution in [2.75, 3.05) is 42.5 Å².